The average molecular weight is 232 g/mol. The number of benzene rings is 1. The predicted octanol–water partition coefficient (Wildman–Crippen LogP) is 3.38. The summed E-state index contributed by atoms with van der Waals surface area (Å²) in [5, 5.41) is 1.89. The first kappa shape index (κ1) is 12.1. The highest BCUT2D eigenvalue weighted by Crippen LogP contribution is 2.28. The van der Waals surface area contributed by atoms with Crippen LogP contribution in [0.3, 0.4) is 0 Å². The lowest BCUT2D eigenvalue weighted by Gasteiger charge is -2.43. The zero-order valence-electron chi connectivity index (χ0n) is 11.2. The van der Waals surface area contributed by atoms with Crippen molar-refractivity contribution in [1.29, 1.82) is 0 Å². The normalized spacial score (nSPS) is 18.4. The van der Waals surface area contributed by atoms with E-state index < -0.39 is 0 Å². The highest BCUT2D eigenvalue weighted by molar-refractivity contribution is 5.89. The molecule has 0 saturated carbocycles. The van der Waals surface area contributed by atoms with E-state index in [0.717, 1.165) is 11.5 Å². The Balaban J connectivity index is 2.32. The maximum Gasteiger partial charge on any atom is 0.158 e. The molecule has 0 aliphatic carbocycles. The molecule has 0 radical (unpaired) electrons. The van der Waals surface area contributed by atoms with Gasteiger partial charge in [-0.15, -0.1) is 0 Å². The van der Waals surface area contributed by atoms with Gasteiger partial charge in [-0.2, -0.15) is 0 Å². The SMILES string of the molecule is Cc1cccc(C)c1N=C1CON1C(C)(C)C. The van der Waals surface area contributed by atoms with Crippen molar-refractivity contribution in [3.8, 4) is 0 Å². The molecule has 0 amide bonds. The summed E-state index contributed by atoms with van der Waals surface area (Å²) in [7, 11) is 0. The highest BCUT2D eigenvalue weighted by atomic mass is 16.7. The Morgan fingerprint density at radius 3 is 2.18 bits per heavy atom. The van der Waals surface area contributed by atoms with E-state index in [1.807, 2.05) is 5.06 Å². The van der Waals surface area contributed by atoms with Gasteiger partial charge in [-0.25, -0.2) is 10.1 Å². The lowest BCUT2D eigenvalue weighted by atomic mass is 10.1. The van der Waals surface area contributed by atoms with Crippen molar-refractivity contribution in [3.63, 3.8) is 0 Å². The number of para-hydroxylation sites is 1. The van der Waals surface area contributed by atoms with Crippen LogP contribution in [-0.2, 0) is 4.84 Å². The summed E-state index contributed by atoms with van der Waals surface area (Å²) in [4.78, 5) is 10.2. The van der Waals surface area contributed by atoms with Crippen LogP contribution in [0, 0.1) is 13.8 Å². The number of nitrogens with zero attached hydrogens (tertiary/aromatic N) is 2. The maximum absolute atomic E-state index is 5.46. The minimum absolute atomic E-state index is 0.0341. The monoisotopic (exact) mass is 232 g/mol. The van der Waals surface area contributed by atoms with Gasteiger partial charge in [0.1, 0.15) is 6.61 Å². The molecule has 1 heterocycles. The maximum atomic E-state index is 5.46. The van der Waals surface area contributed by atoms with E-state index in [1.54, 1.807) is 0 Å². The number of hydrogen-bond donors (Lipinski definition) is 0. The van der Waals surface area contributed by atoms with E-state index in [-0.39, 0.29) is 5.54 Å². The van der Waals surface area contributed by atoms with Crippen LogP contribution in [0.2, 0.25) is 0 Å². The van der Waals surface area contributed by atoms with E-state index in [4.69, 9.17) is 9.83 Å². The molecule has 0 unspecified atom stereocenters. The second-order valence-corrected chi connectivity index (χ2v) is 5.51. The summed E-state index contributed by atoms with van der Waals surface area (Å²) >= 11 is 0. The molecule has 0 N–H and O–H groups in total. The van der Waals surface area contributed by atoms with Crippen LogP contribution < -0.4 is 0 Å². The van der Waals surface area contributed by atoms with Crippen LogP contribution >= 0.6 is 0 Å². The van der Waals surface area contributed by atoms with E-state index in [0.29, 0.717) is 6.61 Å². The van der Waals surface area contributed by atoms with Crippen molar-refractivity contribution in [1.82, 2.24) is 5.06 Å². The minimum Gasteiger partial charge on any atom is -0.264 e. The summed E-state index contributed by atoms with van der Waals surface area (Å²) in [5.41, 5.74) is 3.45. The van der Waals surface area contributed by atoms with Crippen LogP contribution in [0.4, 0.5) is 5.69 Å². The molecule has 1 aliphatic rings. The third-order valence-electron chi connectivity index (χ3n) is 2.85. The van der Waals surface area contributed by atoms with Crippen LogP contribution in [0.25, 0.3) is 0 Å². The fourth-order valence-corrected chi connectivity index (χ4v) is 1.96. The number of aryl methyl sites for hydroxylation is 2. The summed E-state index contributed by atoms with van der Waals surface area (Å²) in [5.74, 6) is 1.01. The Morgan fingerprint density at radius 2 is 1.76 bits per heavy atom. The molecule has 0 atom stereocenters. The topological polar surface area (TPSA) is 24.8 Å². The number of aliphatic imine (C=N–C) groups is 1. The molecular weight excluding hydrogens is 212 g/mol. The van der Waals surface area contributed by atoms with Crippen LogP contribution in [0.15, 0.2) is 23.2 Å². The first-order valence-electron chi connectivity index (χ1n) is 5.96. The zero-order chi connectivity index (χ0) is 12.6. The molecular formula is C14H20N2O. The Hall–Kier alpha value is -1.35. The van der Waals surface area contributed by atoms with Crippen molar-refractivity contribution >= 4 is 11.5 Å². The second kappa shape index (κ2) is 4.15. The van der Waals surface area contributed by atoms with Gasteiger partial charge in [-0.3, -0.25) is 4.84 Å². The van der Waals surface area contributed by atoms with Gasteiger partial charge in [-0.05, 0) is 45.7 Å². The van der Waals surface area contributed by atoms with E-state index >= 15 is 0 Å². The van der Waals surface area contributed by atoms with Gasteiger partial charge >= 0.3 is 0 Å². The fourth-order valence-electron chi connectivity index (χ4n) is 1.96. The summed E-state index contributed by atoms with van der Waals surface area (Å²) in [6.45, 7) is 11.1. The second-order valence-electron chi connectivity index (χ2n) is 5.51. The van der Waals surface area contributed by atoms with E-state index in [1.165, 1.54) is 11.1 Å². The van der Waals surface area contributed by atoms with Gasteiger partial charge in [0.15, 0.2) is 5.84 Å². The molecule has 1 aliphatic heterocycles. The quantitative estimate of drug-likeness (QED) is 0.741. The van der Waals surface area contributed by atoms with E-state index in [2.05, 4.69) is 52.8 Å². The van der Waals surface area contributed by atoms with Crippen molar-refractivity contribution in [2.75, 3.05) is 6.61 Å². The lowest BCUT2D eigenvalue weighted by Crippen LogP contribution is -2.55. The Morgan fingerprint density at radius 1 is 1.18 bits per heavy atom. The summed E-state index contributed by atoms with van der Waals surface area (Å²) in [6.07, 6.45) is 0. The zero-order valence-corrected chi connectivity index (χ0v) is 11.2. The van der Waals surface area contributed by atoms with Gasteiger partial charge in [0.2, 0.25) is 0 Å². The molecule has 3 nitrogen and oxygen atoms in total. The fraction of sp³-hybridized carbons (Fsp3) is 0.500. The van der Waals surface area contributed by atoms with Gasteiger partial charge in [0.25, 0.3) is 0 Å². The highest BCUT2D eigenvalue weighted by Gasteiger charge is 2.34. The smallest absolute Gasteiger partial charge is 0.158 e. The Labute approximate surface area is 103 Å². The van der Waals surface area contributed by atoms with Crippen molar-refractivity contribution in [2.45, 2.75) is 40.2 Å². The molecule has 92 valence electrons. The van der Waals surface area contributed by atoms with Crippen LogP contribution in [0.5, 0.6) is 0 Å². The van der Waals surface area contributed by atoms with Crippen molar-refractivity contribution in [3.05, 3.63) is 29.3 Å². The minimum atomic E-state index is -0.0341. The molecule has 1 aromatic carbocycles. The lowest BCUT2D eigenvalue weighted by molar-refractivity contribution is -0.191. The first-order valence-corrected chi connectivity index (χ1v) is 5.96. The molecule has 0 aromatic heterocycles. The average Bonchev–Trinajstić information content (AvgIpc) is 2.12. The molecule has 0 bridgehead atoms. The standard InChI is InChI=1S/C14H20N2O/c1-10-7-6-8-11(2)13(10)15-12-9-17-16(12)14(3,4)5/h6-8H,9H2,1-5H3. The van der Waals surface area contributed by atoms with Crippen molar-refractivity contribution < 1.29 is 4.84 Å². The summed E-state index contributed by atoms with van der Waals surface area (Å²) < 4.78 is 0. The third kappa shape index (κ3) is 2.34. The predicted molar refractivity (Wildman–Crippen MR) is 70.6 cm³/mol. The number of rotatable bonds is 1. The number of hydroxylamine groups is 2. The van der Waals surface area contributed by atoms with Crippen molar-refractivity contribution in [2.24, 2.45) is 4.99 Å². The third-order valence-corrected chi connectivity index (χ3v) is 2.85. The molecule has 2 rings (SSSR count). The Bertz CT molecular complexity index is 438. The number of amidine groups is 1. The van der Waals surface area contributed by atoms with E-state index in [9.17, 15) is 0 Å². The summed E-state index contributed by atoms with van der Waals surface area (Å²) in [6, 6.07) is 6.24. The first-order chi connectivity index (χ1) is 7.89. The molecule has 1 saturated heterocycles. The van der Waals surface area contributed by atoms with Crippen LogP contribution in [-0.4, -0.2) is 23.0 Å². The molecule has 17 heavy (non-hydrogen) atoms. The molecule has 3 heteroatoms. The number of hydrogen-bond acceptors (Lipinski definition) is 2. The van der Waals surface area contributed by atoms with Gasteiger partial charge in [-0.1, -0.05) is 18.2 Å². The van der Waals surface area contributed by atoms with Crippen LogP contribution in [0.1, 0.15) is 31.9 Å². The largest absolute Gasteiger partial charge is 0.264 e. The molecule has 1 aromatic rings. The molecule has 1 fully saturated rings. The van der Waals surface area contributed by atoms with Gasteiger partial charge in [0.05, 0.1) is 11.2 Å². The van der Waals surface area contributed by atoms with Gasteiger partial charge < -0.3 is 0 Å². The molecule has 0 spiro atoms. The Kier molecular flexibility index (Phi) is 2.96. The van der Waals surface area contributed by atoms with Gasteiger partial charge in [0, 0.05) is 0 Å².